The van der Waals surface area contributed by atoms with E-state index in [-0.39, 0.29) is 16.3 Å². The van der Waals surface area contributed by atoms with E-state index < -0.39 is 36.8 Å². The Bertz CT molecular complexity index is 890. The molecule has 6 nitrogen and oxygen atoms in total. The van der Waals surface area contributed by atoms with Crippen molar-refractivity contribution in [2.75, 3.05) is 18.5 Å². The average molecular weight is 413 g/mol. The SMILES string of the molecule is Cc1ccc(NC(=O)COC(=O)CNC(=O)c2ccc(Cl)cc2Cl)cc1F. The molecule has 0 spiro atoms. The maximum absolute atomic E-state index is 13.4. The first-order valence-corrected chi connectivity index (χ1v) is 8.46. The number of amides is 2. The third-order valence-electron chi connectivity index (χ3n) is 3.39. The van der Waals surface area contributed by atoms with Crippen LogP contribution in [-0.4, -0.2) is 30.9 Å². The number of benzene rings is 2. The summed E-state index contributed by atoms with van der Waals surface area (Å²) in [5.41, 5.74) is 0.828. The maximum Gasteiger partial charge on any atom is 0.325 e. The van der Waals surface area contributed by atoms with Crippen LogP contribution in [0.2, 0.25) is 10.0 Å². The normalized spacial score (nSPS) is 10.2. The number of hydrogen-bond acceptors (Lipinski definition) is 4. The summed E-state index contributed by atoms with van der Waals surface area (Å²) in [7, 11) is 0. The minimum atomic E-state index is -0.821. The predicted molar refractivity (Wildman–Crippen MR) is 99.5 cm³/mol. The standard InChI is InChI=1S/C18H15Cl2FN2O4/c1-10-2-4-12(7-15(10)21)23-16(24)9-27-17(25)8-22-18(26)13-5-3-11(19)6-14(13)20/h2-7H,8-9H2,1H3,(H,22,26)(H,23,24). The highest BCUT2D eigenvalue weighted by Crippen LogP contribution is 2.20. The third kappa shape index (κ3) is 6.23. The third-order valence-corrected chi connectivity index (χ3v) is 3.94. The van der Waals surface area contributed by atoms with Crippen molar-refractivity contribution >= 4 is 46.7 Å². The van der Waals surface area contributed by atoms with Crippen molar-refractivity contribution in [1.29, 1.82) is 0 Å². The number of esters is 1. The van der Waals surface area contributed by atoms with Crippen LogP contribution in [0.4, 0.5) is 10.1 Å². The van der Waals surface area contributed by atoms with Crippen molar-refractivity contribution in [3.8, 4) is 0 Å². The van der Waals surface area contributed by atoms with Gasteiger partial charge in [0.15, 0.2) is 6.61 Å². The van der Waals surface area contributed by atoms with Crippen molar-refractivity contribution in [3.63, 3.8) is 0 Å². The highest BCUT2D eigenvalue weighted by Gasteiger charge is 2.14. The van der Waals surface area contributed by atoms with Crippen LogP contribution in [0.1, 0.15) is 15.9 Å². The zero-order valence-electron chi connectivity index (χ0n) is 14.1. The lowest BCUT2D eigenvalue weighted by Crippen LogP contribution is -2.32. The van der Waals surface area contributed by atoms with E-state index in [1.54, 1.807) is 6.92 Å². The monoisotopic (exact) mass is 412 g/mol. The first kappa shape index (κ1) is 20.7. The Hall–Kier alpha value is -2.64. The zero-order chi connectivity index (χ0) is 20.0. The number of anilines is 1. The first-order valence-electron chi connectivity index (χ1n) is 7.71. The fourth-order valence-electron chi connectivity index (χ4n) is 1.99. The number of carbonyl (C=O) groups is 3. The molecule has 142 valence electrons. The molecule has 2 amide bonds. The van der Waals surface area contributed by atoms with E-state index in [1.165, 1.54) is 30.3 Å². The number of carbonyl (C=O) groups excluding carboxylic acids is 3. The molecule has 0 fully saturated rings. The summed E-state index contributed by atoms with van der Waals surface area (Å²) in [6, 6.07) is 8.49. The van der Waals surface area contributed by atoms with Crippen molar-refractivity contribution in [2.45, 2.75) is 6.92 Å². The molecule has 0 saturated carbocycles. The van der Waals surface area contributed by atoms with Gasteiger partial charge in [-0.3, -0.25) is 14.4 Å². The van der Waals surface area contributed by atoms with Gasteiger partial charge in [0, 0.05) is 10.7 Å². The van der Waals surface area contributed by atoms with Crippen molar-refractivity contribution in [3.05, 3.63) is 63.4 Å². The number of ether oxygens (including phenoxy) is 1. The van der Waals surface area contributed by atoms with E-state index >= 15 is 0 Å². The van der Waals surface area contributed by atoms with Crippen LogP contribution in [0.15, 0.2) is 36.4 Å². The van der Waals surface area contributed by atoms with E-state index in [0.29, 0.717) is 10.6 Å². The van der Waals surface area contributed by atoms with Crippen LogP contribution in [-0.2, 0) is 14.3 Å². The Morgan fingerprint density at radius 3 is 2.52 bits per heavy atom. The van der Waals surface area contributed by atoms with E-state index in [0.717, 1.165) is 6.07 Å². The Balaban J connectivity index is 1.77. The van der Waals surface area contributed by atoms with E-state index in [2.05, 4.69) is 10.6 Å². The smallest absolute Gasteiger partial charge is 0.325 e. The van der Waals surface area contributed by atoms with Gasteiger partial charge in [0.2, 0.25) is 0 Å². The van der Waals surface area contributed by atoms with Crippen LogP contribution in [0, 0.1) is 12.7 Å². The molecule has 0 unspecified atom stereocenters. The number of nitrogens with one attached hydrogen (secondary N) is 2. The lowest BCUT2D eigenvalue weighted by molar-refractivity contribution is -0.146. The van der Waals surface area contributed by atoms with Crippen LogP contribution < -0.4 is 10.6 Å². The number of hydrogen-bond donors (Lipinski definition) is 2. The molecule has 0 radical (unpaired) electrons. The Kier molecular flexibility index (Phi) is 7.15. The molecular formula is C18H15Cl2FN2O4. The molecular weight excluding hydrogens is 398 g/mol. The minimum absolute atomic E-state index is 0.137. The van der Waals surface area contributed by atoms with Crippen molar-refractivity contribution in [1.82, 2.24) is 5.32 Å². The molecule has 2 N–H and O–H groups in total. The van der Waals surface area contributed by atoms with Gasteiger partial charge in [0.25, 0.3) is 11.8 Å². The quantitative estimate of drug-likeness (QED) is 0.712. The van der Waals surface area contributed by atoms with Gasteiger partial charge in [-0.1, -0.05) is 29.3 Å². The largest absolute Gasteiger partial charge is 0.454 e. The van der Waals surface area contributed by atoms with E-state index in [9.17, 15) is 18.8 Å². The molecule has 0 aliphatic carbocycles. The summed E-state index contributed by atoms with van der Waals surface area (Å²) in [5, 5.41) is 5.23. The average Bonchev–Trinajstić information content (AvgIpc) is 2.61. The molecule has 0 heterocycles. The molecule has 0 aromatic heterocycles. The fourth-order valence-corrected chi connectivity index (χ4v) is 2.48. The van der Waals surface area contributed by atoms with E-state index in [4.69, 9.17) is 27.9 Å². The summed E-state index contributed by atoms with van der Waals surface area (Å²) in [4.78, 5) is 35.3. The summed E-state index contributed by atoms with van der Waals surface area (Å²) < 4.78 is 18.2. The first-order chi connectivity index (χ1) is 12.8. The van der Waals surface area contributed by atoms with Crippen LogP contribution in [0.25, 0.3) is 0 Å². The highest BCUT2D eigenvalue weighted by atomic mass is 35.5. The van der Waals surface area contributed by atoms with Gasteiger partial charge in [-0.2, -0.15) is 0 Å². The van der Waals surface area contributed by atoms with Crippen LogP contribution in [0.5, 0.6) is 0 Å². The van der Waals surface area contributed by atoms with Gasteiger partial charge in [0.05, 0.1) is 10.6 Å². The molecule has 0 aliphatic rings. The predicted octanol–water partition coefficient (Wildman–Crippen LogP) is 3.35. The summed E-state index contributed by atoms with van der Waals surface area (Å²) in [5.74, 6) is -2.51. The van der Waals surface area contributed by atoms with Gasteiger partial charge in [0.1, 0.15) is 12.4 Å². The molecule has 27 heavy (non-hydrogen) atoms. The molecule has 0 saturated heterocycles. The Morgan fingerprint density at radius 2 is 1.85 bits per heavy atom. The number of halogens is 3. The summed E-state index contributed by atoms with van der Waals surface area (Å²) >= 11 is 11.6. The second-order valence-electron chi connectivity index (χ2n) is 5.48. The van der Waals surface area contributed by atoms with Crippen LogP contribution >= 0.6 is 23.2 Å². The van der Waals surface area contributed by atoms with Gasteiger partial charge < -0.3 is 15.4 Å². The zero-order valence-corrected chi connectivity index (χ0v) is 15.7. The topological polar surface area (TPSA) is 84.5 Å². The fraction of sp³-hybridized carbons (Fsp3) is 0.167. The van der Waals surface area contributed by atoms with Gasteiger partial charge in [-0.25, -0.2) is 4.39 Å². The Morgan fingerprint density at radius 1 is 1.11 bits per heavy atom. The molecule has 9 heteroatoms. The molecule has 0 atom stereocenters. The summed E-state index contributed by atoms with van der Waals surface area (Å²) in [6.45, 7) is 0.560. The van der Waals surface area contributed by atoms with Crippen LogP contribution in [0.3, 0.4) is 0 Å². The number of aryl methyl sites for hydroxylation is 1. The Labute approximate surface area is 164 Å². The molecule has 2 rings (SSSR count). The minimum Gasteiger partial charge on any atom is -0.454 e. The van der Waals surface area contributed by atoms with Gasteiger partial charge in [-0.15, -0.1) is 0 Å². The lowest BCUT2D eigenvalue weighted by Gasteiger charge is -2.09. The second-order valence-corrected chi connectivity index (χ2v) is 6.32. The van der Waals surface area contributed by atoms with E-state index in [1.807, 2.05) is 0 Å². The lowest BCUT2D eigenvalue weighted by atomic mass is 10.2. The highest BCUT2D eigenvalue weighted by molar-refractivity contribution is 6.36. The van der Waals surface area contributed by atoms with Crippen molar-refractivity contribution in [2.24, 2.45) is 0 Å². The van der Waals surface area contributed by atoms with Gasteiger partial charge in [-0.05, 0) is 42.8 Å². The molecule has 2 aromatic carbocycles. The van der Waals surface area contributed by atoms with Gasteiger partial charge >= 0.3 is 5.97 Å². The molecule has 0 aliphatic heterocycles. The van der Waals surface area contributed by atoms with Crippen molar-refractivity contribution < 1.29 is 23.5 Å². The second kappa shape index (κ2) is 9.34. The maximum atomic E-state index is 13.4. The number of rotatable bonds is 6. The summed E-state index contributed by atoms with van der Waals surface area (Å²) in [6.07, 6.45) is 0. The molecule has 2 aromatic rings. The molecule has 0 bridgehead atoms.